The maximum atomic E-state index is 13.0. The van der Waals surface area contributed by atoms with Crippen LogP contribution in [0.5, 0.6) is 0 Å². The van der Waals surface area contributed by atoms with E-state index < -0.39 is 0 Å². The van der Waals surface area contributed by atoms with Gasteiger partial charge in [-0.3, -0.25) is 4.79 Å². The predicted octanol–water partition coefficient (Wildman–Crippen LogP) is 5.06. The summed E-state index contributed by atoms with van der Waals surface area (Å²) in [6.07, 6.45) is 2.07. The highest BCUT2D eigenvalue weighted by Gasteiger charge is 2.22. The van der Waals surface area contributed by atoms with Gasteiger partial charge < -0.3 is 15.1 Å². The number of amides is 3. The standard InChI is InChI=1S/C26H29N3O2/c1-2-16-28(26(31)27-24-13-7-11-21-9-5-6-12-23(21)24)18-15-25(30)29-17-14-20-8-3-4-10-22(20)19-29/h3-13H,2,14-19H2,1H3,(H,27,31). The van der Waals surface area contributed by atoms with Crippen LogP contribution >= 0.6 is 0 Å². The van der Waals surface area contributed by atoms with Crippen molar-refractivity contribution in [1.82, 2.24) is 9.80 Å². The molecule has 0 saturated heterocycles. The van der Waals surface area contributed by atoms with Gasteiger partial charge in [0.1, 0.15) is 0 Å². The number of rotatable bonds is 6. The first kappa shape index (κ1) is 20.9. The van der Waals surface area contributed by atoms with E-state index in [4.69, 9.17) is 0 Å². The summed E-state index contributed by atoms with van der Waals surface area (Å²) in [6.45, 7) is 4.48. The van der Waals surface area contributed by atoms with Crippen LogP contribution in [0.3, 0.4) is 0 Å². The second-order valence-corrected chi connectivity index (χ2v) is 8.03. The fourth-order valence-electron chi connectivity index (χ4n) is 4.21. The van der Waals surface area contributed by atoms with Gasteiger partial charge in [0.25, 0.3) is 0 Å². The van der Waals surface area contributed by atoms with Crippen molar-refractivity contribution in [3.63, 3.8) is 0 Å². The Kier molecular flexibility index (Phi) is 6.51. The summed E-state index contributed by atoms with van der Waals surface area (Å²) in [7, 11) is 0. The third kappa shape index (κ3) is 4.88. The van der Waals surface area contributed by atoms with Crippen molar-refractivity contribution in [2.75, 3.05) is 25.0 Å². The second-order valence-electron chi connectivity index (χ2n) is 8.03. The lowest BCUT2D eigenvalue weighted by molar-refractivity contribution is -0.132. The molecule has 0 unspecified atom stereocenters. The Balaban J connectivity index is 1.38. The van der Waals surface area contributed by atoms with Crippen LogP contribution in [-0.2, 0) is 17.8 Å². The molecule has 160 valence electrons. The highest BCUT2D eigenvalue weighted by atomic mass is 16.2. The van der Waals surface area contributed by atoms with Crippen LogP contribution in [0, 0.1) is 0 Å². The molecule has 0 fully saturated rings. The van der Waals surface area contributed by atoms with Crippen LogP contribution < -0.4 is 5.32 Å². The van der Waals surface area contributed by atoms with E-state index in [0.29, 0.717) is 26.1 Å². The van der Waals surface area contributed by atoms with Crippen molar-refractivity contribution < 1.29 is 9.59 Å². The summed E-state index contributed by atoms with van der Waals surface area (Å²) >= 11 is 0. The minimum absolute atomic E-state index is 0.105. The smallest absolute Gasteiger partial charge is 0.321 e. The van der Waals surface area contributed by atoms with Crippen molar-refractivity contribution in [2.45, 2.75) is 32.7 Å². The molecule has 1 aliphatic rings. The van der Waals surface area contributed by atoms with Gasteiger partial charge in [0.05, 0.1) is 5.69 Å². The first-order valence-corrected chi connectivity index (χ1v) is 11.0. The van der Waals surface area contributed by atoms with Crippen LogP contribution in [0.15, 0.2) is 66.7 Å². The molecular weight excluding hydrogens is 386 g/mol. The number of anilines is 1. The molecule has 31 heavy (non-hydrogen) atoms. The molecule has 4 rings (SSSR count). The van der Waals surface area contributed by atoms with Crippen molar-refractivity contribution in [1.29, 1.82) is 0 Å². The van der Waals surface area contributed by atoms with Gasteiger partial charge in [-0.05, 0) is 35.4 Å². The zero-order valence-corrected chi connectivity index (χ0v) is 18.0. The number of hydrogen-bond donors (Lipinski definition) is 1. The van der Waals surface area contributed by atoms with Crippen LogP contribution in [-0.4, -0.2) is 41.4 Å². The van der Waals surface area contributed by atoms with E-state index in [9.17, 15) is 9.59 Å². The van der Waals surface area contributed by atoms with Gasteiger partial charge in [0, 0.05) is 38.0 Å². The topological polar surface area (TPSA) is 52.7 Å². The fourth-order valence-corrected chi connectivity index (χ4v) is 4.21. The zero-order chi connectivity index (χ0) is 21.6. The average Bonchev–Trinajstić information content (AvgIpc) is 2.81. The Hall–Kier alpha value is -3.34. The molecule has 0 bridgehead atoms. The molecular formula is C26H29N3O2. The number of carbonyl (C=O) groups excluding carboxylic acids is 2. The Labute approximate surface area is 183 Å². The van der Waals surface area contributed by atoms with Crippen LogP contribution in [0.2, 0.25) is 0 Å². The minimum Gasteiger partial charge on any atom is -0.338 e. The van der Waals surface area contributed by atoms with E-state index >= 15 is 0 Å². The molecule has 1 aliphatic heterocycles. The van der Waals surface area contributed by atoms with Gasteiger partial charge in [-0.1, -0.05) is 67.6 Å². The molecule has 3 aromatic rings. The van der Waals surface area contributed by atoms with E-state index in [1.807, 2.05) is 66.4 Å². The van der Waals surface area contributed by atoms with Crippen LogP contribution in [0.25, 0.3) is 10.8 Å². The number of nitrogens with one attached hydrogen (secondary N) is 1. The molecule has 1 N–H and O–H groups in total. The number of carbonyl (C=O) groups is 2. The monoisotopic (exact) mass is 415 g/mol. The molecule has 5 heteroatoms. The van der Waals surface area contributed by atoms with E-state index in [1.54, 1.807) is 4.90 Å². The fraction of sp³-hybridized carbons (Fsp3) is 0.308. The van der Waals surface area contributed by atoms with Crippen molar-refractivity contribution in [3.8, 4) is 0 Å². The summed E-state index contributed by atoms with van der Waals surface area (Å²) in [5.41, 5.74) is 3.35. The maximum absolute atomic E-state index is 13.0. The van der Waals surface area contributed by atoms with Crippen molar-refractivity contribution in [2.24, 2.45) is 0 Å². The van der Waals surface area contributed by atoms with Gasteiger partial charge in [-0.2, -0.15) is 0 Å². The third-order valence-electron chi connectivity index (χ3n) is 5.89. The van der Waals surface area contributed by atoms with Crippen LogP contribution in [0.1, 0.15) is 30.9 Å². The highest BCUT2D eigenvalue weighted by Crippen LogP contribution is 2.23. The van der Waals surface area contributed by atoms with Gasteiger partial charge in [0.15, 0.2) is 0 Å². The van der Waals surface area contributed by atoms with Crippen molar-refractivity contribution in [3.05, 3.63) is 77.9 Å². The van der Waals surface area contributed by atoms with E-state index in [-0.39, 0.29) is 11.9 Å². The SMILES string of the molecule is CCCN(CCC(=O)N1CCc2ccccc2C1)C(=O)Nc1cccc2ccccc12. The quantitative estimate of drug-likeness (QED) is 0.612. The normalized spacial score (nSPS) is 13.0. The average molecular weight is 416 g/mol. The second kappa shape index (κ2) is 9.65. The molecule has 3 amide bonds. The number of benzene rings is 3. The number of nitrogens with zero attached hydrogens (tertiary/aromatic N) is 2. The Morgan fingerprint density at radius 2 is 1.68 bits per heavy atom. The molecule has 0 aromatic heterocycles. The van der Waals surface area contributed by atoms with Crippen molar-refractivity contribution >= 4 is 28.4 Å². The highest BCUT2D eigenvalue weighted by molar-refractivity contribution is 6.01. The first-order valence-electron chi connectivity index (χ1n) is 11.0. The molecule has 0 radical (unpaired) electrons. The summed E-state index contributed by atoms with van der Waals surface area (Å²) < 4.78 is 0. The molecule has 0 spiro atoms. The molecule has 0 aliphatic carbocycles. The lowest BCUT2D eigenvalue weighted by Gasteiger charge is -2.30. The largest absolute Gasteiger partial charge is 0.338 e. The van der Waals surface area contributed by atoms with Gasteiger partial charge in [-0.15, -0.1) is 0 Å². The molecule has 0 saturated carbocycles. The molecule has 3 aromatic carbocycles. The number of urea groups is 1. The maximum Gasteiger partial charge on any atom is 0.321 e. The van der Waals surface area contributed by atoms with E-state index in [1.165, 1.54) is 11.1 Å². The van der Waals surface area contributed by atoms with E-state index in [2.05, 4.69) is 17.4 Å². The summed E-state index contributed by atoms with van der Waals surface area (Å²) in [6, 6.07) is 22.0. The molecule has 1 heterocycles. The van der Waals surface area contributed by atoms with Gasteiger partial charge in [0.2, 0.25) is 5.91 Å². The lowest BCUT2D eigenvalue weighted by Crippen LogP contribution is -2.41. The summed E-state index contributed by atoms with van der Waals surface area (Å²) in [5.74, 6) is 0.105. The summed E-state index contributed by atoms with van der Waals surface area (Å²) in [4.78, 5) is 29.5. The lowest BCUT2D eigenvalue weighted by atomic mass is 10.00. The Morgan fingerprint density at radius 1 is 0.935 bits per heavy atom. The van der Waals surface area contributed by atoms with Gasteiger partial charge in [-0.25, -0.2) is 4.79 Å². The Morgan fingerprint density at radius 3 is 2.52 bits per heavy atom. The molecule has 0 atom stereocenters. The van der Waals surface area contributed by atoms with Gasteiger partial charge >= 0.3 is 6.03 Å². The summed E-state index contributed by atoms with van der Waals surface area (Å²) in [5, 5.41) is 5.15. The predicted molar refractivity (Wildman–Crippen MR) is 125 cm³/mol. The third-order valence-corrected chi connectivity index (χ3v) is 5.89. The van der Waals surface area contributed by atoms with Crippen LogP contribution in [0.4, 0.5) is 10.5 Å². The number of fused-ring (bicyclic) bond motifs is 2. The Bertz CT molecular complexity index is 1070. The zero-order valence-electron chi connectivity index (χ0n) is 18.0. The first-order chi connectivity index (χ1) is 15.2. The van der Waals surface area contributed by atoms with E-state index in [0.717, 1.165) is 35.8 Å². The number of hydrogen-bond acceptors (Lipinski definition) is 2. The minimum atomic E-state index is -0.157. The molecule has 5 nitrogen and oxygen atoms in total.